The molecule has 5 aromatic rings. The van der Waals surface area contributed by atoms with E-state index in [0.717, 1.165) is 59.3 Å². The first-order valence-electron chi connectivity index (χ1n) is 15.4. The van der Waals surface area contributed by atoms with Crippen molar-refractivity contribution in [2.75, 3.05) is 18.4 Å². The third-order valence-corrected chi connectivity index (χ3v) is 9.38. The molecule has 0 spiro atoms. The Bertz CT molecular complexity index is 1970. The van der Waals surface area contributed by atoms with E-state index in [-0.39, 0.29) is 18.1 Å². The Morgan fingerprint density at radius 3 is 2.70 bits per heavy atom. The van der Waals surface area contributed by atoms with E-state index >= 15 is 0 Å². The molecule has 3 atom stereocenters. The van der Waals surface area contributed by atoms with Crippen molar-refractivity contribution < 1.29 is 9.53 Å². The van der Waals surface area contributed by atoms with Crippen LogP contribution in [0.1, 0.15) is 54.5 Å². The van der Waals surface area contributed by atoms with Gasteiger partial charge >= 0.3 is 0 Å². The second-order valence-electron chi connectivity index (χ2n) is 12.1. The average Bonchev–Trinajstić information content (AvgIpc) is 3.81. The van der Waals surface area contributed by atoms with E-state index in [9.17, 15) is 4.79 Å². The number of carbonyl (C=O) groups is 1. The quantitative estimate of drug-likeness (QED) is 0.157. The van der Waals surface area contributed by atoms with Crippen molar-refractivity contribution in [1.29, 1.82) is 0 Å². The van der Waals surface area contributed by atoms with Crippen LogP contribution in [0.2, 0.25) is 10.0 Å². The van der Waals surface area contributed by atoms with Crippen LogP contribution in [0.25, 0.3) is 22.2 Å². The van der Waals surface area contributed by atoms with E-state index in [2.05, 4.69) is 63.3 Å². The van der Waals surface area contributed by atoms with Crippen LogP contribution in [0.5, 0.6) is 5.88 Å². The molecule has 10 heteroatoms. The van der Waals surface area contributed by atoms with Crippen LogP contribution in [0, 0.1) is 0 Å². The van der Waals surface area contributed by atoms with Gasteiger partial charge in [0.1, 0.15) is 17.5 Å². The lowest BCUT2D eigenvalue weighted by Crippen LogP contribution is -2.23. The molecule has 7 rings (SSSR count). The largest absolute Gasteiger partial charge is 0.471 e. The number of amides is 1. The van der Waals surface area contributed by atoms with Gasteiger partial charge in [-0.25, -0.2) is 9.97 Å². The molecule has 1 saturated heterocycles. The summed E-state index contributed by atoms with van der Waals surface area (Å²) in [5.74, 6) is 0.0609. The number of ether oxygens (including phenoxy) is 1. The fourth-order valence-corrected chi connectivity index (χ4v) is 6.66. The van der Waals surface area contributed by atoms with Crippen molar-refractivity contribution in [2.45, 2.75) is 44.2 Å². The van der Waals surface area contributed by atoms with Gasteiger partial charge in [-0.3, -0.25) is 4.79 Å². The Balaban J connectivity index is 1.39. The van der Waals surface area contributed by atoms with Gasteiger partial charge in [0.2, 0.25) is 5.88 Å². The summed E-state index contributed by atoms with van der Waals surface area (Å²) in [7, 11) is 0. The highest BCUT2D eigenvalue weighted by atomic mass is 35.5. The van der Waals surface area contributed by atoms with E-state index in [1.54, 1.807) is 18.3 Å². The van der Waals surface area contributed by atoms with Crippen molar-refractivity contribution in [1.82, 2.24) is 24.8 Å². The summed E-state index contributed by atoms with van der Waals surface area (Å²) in [6.07, 6.45) is 13.6. The lowest BCUT2D eigenvalue weighted by molar-refractivity contribution is 0.102. The third-order valence-electron chi connectivity index (χ3n) is 8.89. The van der Waals surface area contributed by atoms with Gasteiger partial charge in [0.15, 0.2) is 0 Å². The number of aromatic nitrogens is 4. The number of anilines is 1. The number of nitrogens with zero attached hydrogens (tertiary/aromatic N) is 3. The number of benzene rings is 2. The maximum Gasteiger partial charge on any atom is 0.272 e. The molecule has 0 saturated carbocycles. The number of pyridine rings is 1. The number of rotatable bonds is 8. The fourth-order valence-electron chi connectivity index (χ4n) is 6.36. The summed E-state index contributed by atoms with van der Waals surface area (Å²) >= 11 is 12.7. The maximum atomic E-state index is 14.4. The van der Waals surface area contributed by atoms with Crippen LogP contribution in [0.3, 0.4) is 0 Å². The molecule has 234 valence electrons. The lowest BCUT2D eigenvalue weighted by Gasteiger charge is -2.27. The highest BCUT2D eigenvalue weighted by molar-refractivity contribution is 6.31. The van der Waals surface area contributed by atoms with Crippen molar-refractivity contribution in [3.8, 4) is 17.1 Å². The Morgan fingerprint density at radius 1 is 1.11 bits per heavy atom. The van der Waals surface area contributed by atoms with E-state index < -0.39 is 5.41 Å². The van der Waals surface area contributed by atoms with E-state index in [0.29, 0.717) is 27.3 Å². The Labute approximate surface area is 277 Å². The third kappa shape index (κ3) is 5.73. The van der Waals surface area contributed by atoms with Gasteiger partial charge in [-0.15, -0.1) is 0 Å². The summed E-state index contributed by atoms with van der Waals surface area (Å²) in [5.41, 5.74) is 4.76. The monoisotopic (exact) mass is 652 g/mol. The molecule has 2 aliphatic rings. The van der Waals surface area contributed by atoms with Crippen molar-refractivity contribution in [2.24, 2.45) is 0 Å². The van der Waals surface area contributed by atoms with Crippen LogP contribution in [-0.4, -0.2) is 44.6 Å². The van der Waals surface area contributed by atoms with Gasteiger partial charge in [-0.1, -0.05) is 72.6 Å². The highest BCUT2D eigenvalue weighted by Gasteiger charge is 2.35. The Hall–Kier alpha value is -4.37. The second kappa shape index (κ2) is 12.4. The normalized spacial score (nSPS) is 19.9. The van der Waals surface area contributed by atoms with Crippen LogP contribution >= 0.6 is 23.2 Å². The predicted molar refractivity (Wildman–Crippen MR) is 184 cm³/mol. The second-order valence-corrected chi connectivity index (χ2v) is 13.0. The zero-order valence-electron chi connectivity index (χ0n) is 25.6. The number of hydrogen-bond donors (Lipinski definition) is 3. The minimum atomic E-state index is -0.404. The molecule has 1 aliphatic carbocycles. The van der Waals surface area contributed by atoms with Gasteiger partial charge in [0.05, 0.1) is 23.8 Å². The smallest absolute Gasteiger partial charge is 0.272 e. The number of imidazole rings is 1. The van der Waals surface area contributed by atoms with Crippen molar-refractivity contribution in [3.63, 3.8) is 0 Å². The standard InChI is InChI=1S/C36H34Cl2N6O2/c1-22(23-8-10-24(37)11-9-23)44-21-41-33(36(2)15-4-3-5-16-36)32(44)30-27-13-12-25(38)19-29(27)42-31(30)34(45)43-28-7-6-17-40-35(28)46-26-14-18-39-20-26/h3-13,15,17,19,21-22,26,39,42H,14,16,18,20H2,1-2H3,(H,43,45). The number of halogens is 2. The van der Waals surface area contributed by atoms with Gasteiger partial charge in [0.25, 0.3) is 5.91 Å². The SMILES string of the molecule is CC(c1ccc(Cl)cc1)n1cnc(C2(C)C=CC=CC2)c1-c1c(C(=O)Nc2cccnc2OC2CCNC2)[nH]c2cc(Cl)ccc12. The van der Waals surface area contributed by atoms with E-state index in [4.69, 9.17) is 32.9 Å². The zero-order chi connectivity index (χ0) is 31.8. The minimum absolute atomic E-state index is 0.0130. The molecule has 1 amide bonds. The average molecular weight is 654 g/mol. The van der Waals surface area contributed by atoms with Gasteiger partial charge in [0, 0.05) is 44.7 Å². The van der Waals surface area contributed by atoms with Crippen LogP contribution in [0.15, 0.2) is 91.4 Å². The summed E-state index contributed by atoms with van der Waals surface area (Å²) < 4.78 is 8.33. The number of aromatic amines is 1. The number of H-pyrrole nitrogens is 1. The molecule has 8 nitrogen and oxygen atoms in total. The molecule has 0 bridgehead atoms. The van der Waals surface area contributed by atoms with Crippen molar-refractivity contribution >= 4 is 45.7 Å². The van der Waals surface area contributed by atoms with Crippen LogP contribution in [0.4, 0.5) is 5.69 Å². The molecule has 3 aromatic heterocycles. The first-order valence-corrected chi connectivity index (χ1v) is 16.2. The van der Waals surface area contributed by atoms with Crippen molar-refractivity contribution in [3.05, 3.63) is 118 Å². The first-order chi connectivity index (χ1) is 22.3. The lowest BCUT2D eigenvalue weighted by atomic mass is 9.78. The molecule has 1 aliphatic heterocycles. The van der Waals surface area contributed by atoms with E-state index in [1.807, 2.05) is 48.8 Å². The Morgan fingerprint density at radius 2 is 1.93 bits per heavy atom. The molecule has 4 heterocycles. The molecule has 3 N–H and O–H groups in total. The van der Waals surface area contributed by atoms with Crippen LogP contribution in [-0.2, 0) is 5.41 Å². The molecule has 3 unspecified atom stereocenters. The fraction of sp³-hybridized carbons (Fsp3) is 0.250. The number of carbonyl (C=O) groups excluding carboxylic acids is 1. The zero-order valence-corrected chi connectivity index (χ0v) is 27.1. The first kappa shape index (κ1) is 30.3. The number of allylic oxidation sites excluding steroid dienone is 4. The summed E-state index contributed by atoms with van der Waals surface area (Å²) in [5, 5.41) is 8.50. The topological polar surface area (TPSA) is 96.9 Å². The predicted octanol–water partition coefficient (Wildman–Crippen LogP) is 8.11. The number of hydrogen-bond acceptors (Lipinski definition) is 5. The molecule has 0 radical (unpaired) electrons. The molecular formula is C36H34Cl2N6O2. The summed E-state index contributed by atoms with van der Waals surface area (Å²) in [4.78, 5) is 27.3. The summed E-state index contributed by atoms with van der Waals surface area (Å²) in [6.45, 7) is 5.92. The molecular weight excluding hydrogens is 619 g/mol. The van der Waals surface area contributed by atoms with Crippen LogP contribution < -0.4 is 15.4 Å². The molecule has 1 fully saturated rings. The van der Waals surface area contributed by atoms with Gasteiger partial charge in [-0.05, 0) is 68.3 Å². The van der Waals surface area contributed by atoms with Gasteiger partial charge < -0.3 is 24.9 Å². The molecule has 2 aromatic carbocycles. The van der Waals surface area contributed by atoms with E-state index in [1.165, 1.54) is 0 Å². The van der Waals surface area contributed by atoms with Gasteiger partial charge in [-0.2, -0.15) is 0 Å². The maximum absolute atomic E-state index is 14.4. The number of fused-ring (bicyclic) bond motifs is 1. The summed E-state index contributed by atoms with van der Waals surface area (Å²) in [6, 6.07) is 16.9. The molecule has 46 heavy (non-hydrogen) atoms. The highest BCUT2D eigenvalue weighted by Crippen LogP contribution is 2.44. The minimum Gasteiger partial charge on any atom is -0.471 e. The Kier molecular flexibility index (Phi) is 8.19. The number of nitrogens with one attached hydrogen (secondary N) is 3.